The maximum absolute atomic E-state index is 13.6. The Morgan fingerprint density at radius 1 is 1.50 bits per heavy atom. The average Bonchev–Trinajstić information content (AvgIpc) is 3.23. The van der Waals surface area contributed by atoms with Crippen molar-refractivity contribution in [3.63, 3.8) is 0 Å². The SMILES string of the molecule is COCCN(C1CC1)S(=O)(=O)c1cccc(F)c1C#N. The zero-order valence-corrected chi connectivity index (χ0v) is 11.9. The number of methoxy groups -OCH3 is 1. The van der Waals surface area contributed by atoms with Gasteiger partial charge in [0.15, 0.2) is 0 Å². The van der Waals surface area contributed by atoms with Gasteiger partial charge in [0.05, 0.1) is 6.61 Å². The first-order chi connectivity index (χ1) is 9.52. The van der Waals surface area contributed by atoms with Gasteiger partial charge in [0.2, 0.25) is 10.0 Å². The van der Waals surface area contributed by atoms with Gasteiger partial charge in [-0.1, -0.05) is 6.07 Å². The highest BCUT2D eigenvalue weighted by Crippen LogP contribution is 2.33. The van der Waals surface area contributed by atoms with Crippen LogP contribution in [0.1, 0.15) is 18.4 Å². The van der Waals surface area contributed by atoms with E-state index < -0.39 is 21.4 Å². The summed E-state index contributed by atoms with van der Waals surface area (Å²) >= 11 is 0. The van der Waals surface area contributed by atoms with Crippen LogP contribution >= 0.6 is 0 Å². The summed E-state index contributed by atoms with van der Waals surface area (Å²) in [5.74, 6) is -0.823. The monoisotopic (exact) mass is 298 g/mol. The van der Waals surface area contributed by atoms with Crippen LogP contribution in [0, 0.1) is 17.1 Å². The molecule has 0 saturated heterocycles. The normalized spacial score (nSPS) is 15.3. The molecule has 0 amide bonds. The molecule has 0 unspecified atom stereocenters. The molecule has 1 saturated carbocycles. The van der Waals surface area contributed by atoms with Crippen LogP contribution in [0.4, 0.5) is 4.39 Å². The summed E-state index contributed by atoms with van der Waals surface area (Å²) < 4.78 is 45.0. The molecule has 0 radical (unpaired) electrons. The molecule has 5 nitrogen and oxygen atoms in total. The lowest BCUT2D eigenvalue weighted by molar-refractivity contribution is 0.177. The van der Waals surface area contributed by atoms with E-state index in [-0.39, 0.29) is 24.1 Å². The van der Waals surface area contributed by atoms with Crippen LogP contribution in [0.5, 0.6) is 0 Å². The van der Waals surface area contributed by atoms with Gasteiger partial charge in [-0.15, -0.1) is 0 Å². The smallest absolute Gasteiger partial charge is 0.244 e. The topological polar surface area (TPSA) is 70.4 Å². The van der Waals surface area contributed by atoms with E-state index in [0.29, 0.717) is 0 Å². The van der Waals surface area contributed by atoms with Gasteiger partial charge in [0, 0.05) is 19.7 Å². The summed E-state index contributed by atoms with van der Waals surface area (Å²) in [6, 6.07) is 5.19. The van der Waals surface area contributed by atoms with E-state index in [9.17, 15) is 12.8 Å². The minimum atomic E-state index is -3.88. The van der Waals surface area contributed by atoms with Gasteiger partial charge >= 0.3 is 0 Å². The molecule has 108 valence electrons. The van der Waals surface area contributed by atoms with E-state index in [1.165, 1.54) is 23.5 Å². The Morgan fingerprint density at radius 2 is 2.20 bits per heavy atom. The van der Waals surface area contributed by atoms with Crippen molar-refractivity contribution in [2.75, 3.05) is 20.3 Å². The number of benzene rings is 1. The van der Waals surface area contributed by atoms with E-state index in [1.54, 1.807) is 6.07 Å². The van der Waals surface area contributed by atoms with Crippen molar-refractivity contribution in [3.05, 3.63) is 29.6 Å². The van der Waals surface area contributed by atoms with Crippen LogP contribution in [-0.2, 0) is 14.8 Å². The average molecular weight is 298 g/mol. The van der Waals surface area contributed by atoms with E-state index >= 15 is 0 Å². The number of nitrogens with zero attached hydrogens (tertiary/aromatic N) is 2. The third kappa shape index (κ3) is 2.82. The van der Waals surface area contributed by atoms with Crippen LogP contribution in [-0.4, -0.2) is 39.0 Å². The van der Waals surface area contributed by atoms with Crippen LogP contribution in [0.25, 0.3) is 0 Å². The first-order valence-corrected chi connectivity index (χ1v) is 7.65. The summed E-state index contributed by atoms with van der Waals surface area (Å²) in [5.41, 5.74) is -0.435. The molecule has 1 aliphatic carbocycles. The highest BCUT2D eigenvalue weighted by atomic mass is 32.2. The molecule has 1 fully saturated rings. The zero-order chi connectivity index (χ0) is 14.8. The molecule has 0 bridgehead atoms. The summed E-state index contributed by atoms with van der Waals surface area (Å²) in [4.78, 5) is -0.275. The van der Waals surface area contributed by atoms with Crippen molar-refractivity contribution in [2.45, 2.75) is 23.8 Å². The maximum atomic E-state index is 13.6. The lowest BCUT2D eigenvalue weighted by Crippen LogP contribution is -2.36. The quantitative estimate of drug-likeness (QED) is 0.798. The van der Waals surface area contributed by atoms with Crippen molar-refractivity contribution in [1.82, 2.24) is 4.31 Å². The molecule has 1 aromatic carbocycles. The van der Waals surface area contributed by atoms with Crippen LogP contribution in [0.15, 0.2) is 23.1 Å². The van der Waals surface area contributed by atoms with Crippen molar-refractivity contribution < 1.29 is 17.5 Å². The van der Waals surface area contributed by atoms with Crippen molar-refractivity contribution in [3.8, 4) is 6.07 Å². The highest BCUT2D eigenvalue weighted by molar-refractivity contribution is 7.89. The molecule has 0 spiro atoms. The molecule has 0 heterocycles. The summed E-state index contributed by atoms with van der Waals surface area (Å²) in [5, 5.41) is 8.98. The van der Waals surface area contributed by atoms with Crippen molar-refractivity contribution >= 4 is 10.0 Å². The number of rotatable bonds is 6. The second kappa shape index (κ2) is 5.87. The molecule has 1 aromatic rings. The van der Waals surface area contributed by atoms with Crippen molar-refractivity contribution in [1.29, 1.82) is 5.26 Å². The Kier molecular flexibility index (Phi) is 4.38. The fraction of sp³-hybridized carbons (Fsp3) is 0.462. The third-order valence-electron chi connectivity index (χ3n) is 3.14. The number of nitriles is 1. The molecule has 7 heteroatoms. The number of hydrogen-bond donors (Lipinski definition) is 0. The number of halogens is 1. The first kappa shape index (κ1) is 14.9. The highest BCUT2D eigenvalue weighted by Gasteiger charge is 2.39. The Balaban J connectivity index is 2.43. The number of ether oxygens (including phenoxy) is 1. The number of hydrogen-bond acceptors (Lipinski definition) is 4. The molecular formula is C13H15FN2O3S. The Hall–Kier alpha value is -1.49. The van der Waals surface area contributed by atoms with Gasteiger partial charge in [-0.25, -0.2) is 12.8 Å². The van der Waals surface area contributed by atoms with Gasteiger partial charge in [-0.3, -0.25) is 0 Å². The lowest BCUT2D eigenvalue weighted by atomic mass is 10.2. The van der Waals surface area contributed by atoms with E-state index in [4.69, 9.17) is 10.00 Å². The molecule has 0 N–H and O–H groups in total. The second-order valence-electron chi connectivity index (χ2n) is 4.56. The van der Waals surface area contributed by atoms with Gasteiger partial charge in [-0.05, 0) is 25.0 Å². The van der Waals surface area contributed by atoms with Crippen LogP contribution in [0.3, 0.4) is 0 Å². The Bertz CT molecular complexity index is 636. The third-order valence-corrected chi connectivity index (χ3v) is 5.14. The Morgan fingerprint density at radius 3 is 2.75 bits per heavy atom. The van der Waals surface area contributed by atoms with Gasteiger partial charge in [0.25, 0.3) is 0 Å². The van der Waals surface area contributed by atoms with Crippen molar-refractivity contribution in [2.24, 2.45) is 0 Å². The van der Waals surface area contributed by atoms with E-state index in [2.05, 4.69) is 0 Å². The van der Waals surface area contributed by atoms with Crippen LogP contribution in [0.2, 0.25) is 0 Å². The minimum absolute atomic E-state index is 0.0787. The predicted molar refractivity (Wildman–Crippen MR) is 69.9 cm³/mol. The van der Waals surface area contributed by atoms with Gasteiger partial charge in [0.1, 0.15) is 22.3 Å². The van der Waals surface area contributed by atoms with E-state index in [0.717, 1.165) is 18.9 Å². The summed E-state index contributed by atoms with van der Waals surface area (Å²) in [6.07, 6.45) is 1.56. The molecule has 0 aromatic heterocycles. The predicted octanol–water partition coefficient (Wildman–Crippen LogP) is 1.50. The minimum Gasteiger partial charge on any atom is -0.383 e. The molecular weight excluding hydrogens is 283 g/mol. The Labute approximate surface area is 117 Å². The largest absolute Gasteiger partial charge is 0.383 e. The molecule has 20 heavy (non-hydrogen) atoms. The molecule has 1 aliphatic rings. The molecule has 0 aliphatic heterocycles. The van der Waals surface area contributed by atoms with Gasteiger partial charge < -0.3 is 4.74 Å². The standard InChI is InChI=1S/C13H15FN2O3S/c1-19-8-7-16(10-5-6-10)20(17,18)13-4-2-3-12(14)11(13)9-15/h2-4,10H,5-8H2,1H3. The zero-order valence-electron chi connectivity index (χ0n) is 11.0. The lowest BCUT2D eigenvalue weighted by Gasteiger charge is -2.22. The summed E-state index contributed by atoms with van der Waals surface area (Å²) in [7, 11) is -2.40. The van der Waals surface area contributed by atoms with Gasteiger partial charge in [-0.2, -0.15) is 9.57 Å². The number of sulfonamides is 1. The summed E-state index contributed by atoms with van der Waals surface area (Å²) in [6.45, 7) is 0.456. The second-order valence-corrected chi connectivity index (χ2v) is 6.42. The fourth-order valence-corrected chi connectivity index (χ4v) is 3.82. The van der Waals surface area contributed by atoms with Crippen LogP contribution < -0.4 is 0 Å². The molecule has 2 rings (SSSR count). The first-order valence-electron chi connectivity index (χ1n) is 6.21. The maximum Gasteiger partial charge on any atom is 0.244 e. The fourth-order valence-electron chi connectivity index (χ4n) is 2.00. The van der Waals surface area contributed by atoms with E-state index in [1.807, 2.05) is 0 Å². The molecule has 0 atom stereocenters.